The molecular weight excluding hydrogens is 344 g/mol. The fourth-order valence-electron chi connectivity index (χ4n) is 3.49. The van der Waals surface area contributed by atoms with Crippen molar-refractivity contribution in [3.05, 3.63) is 35.4 Å². The van der Waals surface area contributed by atoms with Crippen molar-refractivity contribution in [3.8, 4) is 0 Å². The molecule has 27 heavy (non-hydrogen) atoms. The van der Waals surface area contributed by atoms with E-state index in [9.17, 15) is 14.4 Å². The minimum absolute atomic E-state index is 0.00409. The Kier molecular flexibility index (Phi) is 4.99. The molecule has 2 saturated heterocycles. The van der Waals surface area contributed by atoms with Crippen molar-refractivity contribution in [2.24, 2.45) is 0 Å². The van der Waals surface area contributed by atoms with Gasteiger partial charge in [-0.1, -0.05) is 45.0 Å². The maximum Gasteiger partial charge on any atom is 0.325 e. The van der Waals surface area contributed by atoms with Crippen LogP contribution in [0.2, 0.25) is 0 Å². The van der Waals surface area contributed by atoms with E-state index in [1.165, 1.54) is 0 Å². The molecule has 2 heterocycles. The predicted molar refractivity (Wildman–Crippen MR) is 102 cm³/mol. The largest absolute Gasteiger partial charge is 0.339 e. The number of carbonyl (C=O) groups excluding carboxylic acids is 3. The molecule has 1 aromatic carbocycles. The number of rotatable bonds is 3. The number of carbonyl (C=O) groups is 3. The summed E-state index contributed by atoms with van der Waals surface area (Å²) in [6, 6.07) is 7.19. The van der Waals surface area contributed by atoms with Crippen LogP contribution >= 0.6 is 0 Å². The Balaban J connectivity index is 1.77. The Morgan fingerprint density at radius 3 is 2.26 bits per heavy atom. The van der Waals surface area contributed by atoms with Gasteiger partial charge in [0.1, 0.15) is 12.1 Å². The van der Waals surface area contributed by atoms with Crippen LogP contribution in [0.1, 0.15) is 38.8 Å². The normalized spacial score (nSPS) is 23.6. The molecule has 2 aliphatic heterocycles. The number of hydrogen-bond donors (Lipinski definition) is 2. The topological polar surface area (TPSA) is 81.8 Å². The Morgan fingerprint density at radius 1 is 1.11 bits per heavy atom. The van der Waals surface area contributed by atoms with Crippen molar-refractivity contribution in [2.45, 2.75) is 38.6 Å². The molecule has 3 rings (SSSR count). The highest BCUT2D eigenvalue weighted by Gasteiger charge is 2.49. The Hall–Kier alpha value is -2.41. The van der Waals surface area contributed by atoms with Crippen LogP contribution in [0.4, 0.5) is 4.79 Å². The van der Waals surface area contributed by atoms with E-state index >= 15 is 0 Å². The molecule has 146 valence electrons. The van der Waals surface area contributed by atoms with Crippen molar-refractivity contribution in [1.29, 1.82) is 0 Å². The minimum Gasteiger partial charge on any atom is -0.339 e. The average Bonchev–Trinajstić information content (AvgIpc) is 2.86. The second-order valence-electron chi connectivity index (χ2n) is 8.40. The molecule has 0 radical (unpaired) electrons. The van der Waals surface area contributed by atoms with E-state index in [1.54, 1.807) is 11.8 Å². The molecule has 0 saturated carbocycles. The second-order valence-corrected chi connectivity index (χ2v) is 8.40. The summed E-state index contributed by atoms with van der Waals surface area (Å²) < 4.78 is 0. The van der Waals surface area contributed by atoms with Gasteiger partial charge in [-0.15, -0.1) is 0 Å². The predicted octanol–water partition coefficient (Wildman–Crippen LogP) is 1.18. The van der Waals surface area contributed by atoms with Crippen molar-refractivity contribution >= 4 is 17.8 Å². The van der Waals surface area contributed by atoms with Crippen LogP contribution in [0.5, 0.6) is 0 Å². The average molecular weight is 372 g/mol. The van der Waals surface area contributed by atoms with E-state index < -0.39 is 11.6 Å². The van der Waals surface area contributed by atoms with Gasteiger partial charge in [0, 0.05) is 26.2 Å². The van der Waals surface area contributed by atoms with Crippen molar-refractivity contribution in [1.82, 2.24) is 20.4 Å². The molecule has 1 unspecified atom stereocenters. The van der Waals surface area contributed by atoms with Gasteiger partial charge in [-0.25, -0.2) is 4.79 Å². The van der Waals surface area contributed by atoms with Crippen LogP contribution in [0.3, 0.4) is 0 Å². The lowest BCUT2D eigenvalue weighted by Crippen LogP contribution is -2.50. The molecule has 1 aromatic rings. The van der Waals surface area contributed by atoms with E-state index in [-0.39, 0.29) is 23.8 Å². The Labute approximate surface area is 160 Å². The summed E-state index contributed by atoms with van der Waals surface area (Å²) in [5, 5.41) is 5.94. The minimum atomic E-state index is -1.16. The summed E-state index contributed by atoms with van der Waals surface area (Å²) in [5.74, 6) is -0.591. The molecule has 0 spiro atoms. The first kappa shape index (κ1) is 19.4. The molecular formula is C20H28N4O3. The molecule has 7 nitrogen and oxygen atoms in total. The maximum absolute atomic E-state index is 13.0. The standard InChI is InChI=1S/C20H28N4O3/c1-19(2,3)14-5-7-15(8-6-14)20(4)17(26)24(18(27)22-20)13-16(25)23-11-9-21-10-12-23/h5-8,21H,9-13H2,1-4H3,(H,22,27). The molecule has 2 aliphatic rings. The molecule has 0 aromatic heterocycles. The van der Waals surface area contributed by atoms with Crippen molar-refractivity contribution < 1.29 is 14.4 Å². The van der Waals surface area contributed by atoms with Crippen LogP contribution in [-0.4, -0.2) is 60.4 Å². The molecule has 2 fully saturated rings. The molecule has 2 N–H and O–H groups in total. The highest BCUT2D eigenvalue weighted by molar-refractivity contribution is 6.09. The highest BCUT2D eigenvalue weighted by atomic mass is 16.2. The Bertz CT molecular complexity index is 747. The highest BCUT2D eigenvalue weighted by Crippen LogP contribution is 2.31. The Morgan fingerprint density at radius 2 is 1.70 bits per heavy atom. The number of nitrogens with one attached hydrogen (secondary N) is 2. The summed E-state index contributed by atoms with van der Waals surface area (Å²) in [5.41, 5.74) is 0.713. The summed E-state index contributed by atoms with van der Waals surface area (Å²) in [7, 11) is 0. The first-order valence-electron chi connectivity index (χ1n) is 9.36. The smallest absolute Gasteiger partial charge is 0.325 e. The summed E-state index contributed by atoms with van der Waals surface area (Å²) in [4.78, 5) is 40.6. The van der Waals surface area contributed by atoms with Gasteiger partial charge in [-0.3, -0.25) is 14.5 Å². The van der Waals surface area contributed by atoms with Crippen LogP contribution < -0.4 is 10.6 Å². The molecule has 7 heteroatoms. The molecule has 0 bridgehead atoms. The monoisotopic (exact) mass is 372 g/mol. The second kappa shape index (κ2) is 6.96. The van der Waals surface area contributed by atoms with Crippen LogP contribution in [-0.2, 0) is 20.5 Å². The number of hydrogen-bond acceptors (Lipinski definition) is 4. The molecule has 0 aliphatic carbocycles. The third kappa shape index (κ3) is 3.69. The number of nitrogens with zero attached hydrogens (tertiary/aromatic N) is 2. The van der Waals surface area contributed by atoms with Gasteiger partial charge in [0.25, 0.3) is 5.91 Å². The van der Waals surface area contributed by atoms with Crippen LogP contribution in [0, 0.1) is 0 Å². The zero-order chi connectivity index (χ0) is 19.8. The van der Waals surface area contributed by atoms with Gasteiger partial charge >= 0.3 is 6.03 Å². The lowest BCUT2D eigenvalue weighted by Gasteiger charge is -2.29. The summed E-state index contributed by atoms with van der Waals surface area (Å²) in [6.07, 6.45) is 0. The fraction of sp³-hybridized carbons (Fsp3) is 0.550. The van der Waals surface area contributed by atoms with Gasteiger partial charge < -0.3 is 15.5 Å². The number of benzene rings is 1. The lowest BCUT2D eigenvalue weighted by molar-refractivity contribution is -0.139. The van der Waals surface area contributed by atoms with E-state index in [0.29, 0.717) is 18.7 Å². The first-order chi connectivity index (χ1) is 12.6. The lowest BCUT2D eigenvalue weighted by atomic mass is 9.84. The van der Waals surface area contributed by atoms with Gasteiger partial charge in [-0.2, -0.15) is 0 Å². The number of amides is 4. The maximum atomic E-state index is 13.0. The van der Waals surface area contributed by atoms with Gasteiger partial charge in [0.15, 0.2) is 0 Å². The van der Waals surface area contributed by atoms with E-state index in [1.807, 2.05) is 24.3 Å². The van der Waals surface area contributed by atoms with Crippen LogP contribution in [0.15, 0.2) is 24.3 Å². The number of piperazine rings is 1. The summed E-state index contributed by atoms with van der Waals surface area (Å²) >= 11 is 0. The quantitative estimate of drug-likeness (QED) is 0.781. The van der Waals surface area contributed by atoms with E-state index in [4.69, 9.17) is 0 Å². The SMILES string of the molecule is CC(C)(C)c1ccc(C2(C)NC(=O)N(CC(=O)N3CCNCC3)C2=O)cc1. The van der Waals surface area contributed by atoms with E-state index in [2.05, 4.69) is 31.4 Å². The van der Waals surface area contributed by atoms with E-state index in [0.717, 1.165) is 23.6 Å². The molecule has 1 atom stereocenters. The third-order valence-electron chi connectivity index (χ3n) is 5.37. The van der Waals surface area contributed by atoms with Gasteiger partial charge in [0.05, 0.1) is 0 Å². The van der Waals surface area contributed by atoms with Crippen molar-refractivity contribution in [2.75, 3.05) is 32.7 Å². The number of imide groups is 1. The zero-order valence-electron chi connectivity index (χ0n) is 16.5. The third-order valence-corrected chi connectivity index (χ3v) is 5.37. The fourth-order valence-corrected chi connectivity index (χ4v) is 3.49. The number of urea groups is 1. The van der Waals surface area contributed by atoms with Gasteiger partial charge in [0.2, 0.25) is 5.91 Å². The zero-order valence-corrected chi connectivity index (χ0v) is 16.5. The van der Waals surface area contributed by atoms with Crippen molar-refractivity contribution in [3.63, 3.8) is 0 Å². The summed E-state index contributed by atoms with van der Waals surface area (Å²) in [6.45, 7) is 10.5. The first-order valence-corrected chi connectivity index (χ1v) is 9.36. The van der Waals surface area contributed by atoms with Crippen LogP contribution in [0.25, 0.3) is 0 Å². The molecule has 4 amide bonds. The van der Waals surface area contributed by atoms with Gasteiger partial charge in [-0.05, 0) is 23.5 Å².